The first-order valence-electron chi connectivity index (χ1n) is 9.74. The van der Waals surface area contributed by atoms with E-state index in [0.717, 1.165) is 11.3 Å². The second-order valence-corrected chi connectivity index (χ2v) is 7.50. The molecule has 3 aliphatic rings. The third kappa shape index (κ3) is 3.45. The Kier molecular flexibility index (Phi) is 5.21. The number of fused-ring (bicyclic) bond motifs is 3. The van der Waals surface area contributed by atoms with Crippen LogP contribution in [-0.4, -0.2) is 82.5 Å². The molecule has 0 spiro atoms. The summed E-state index contributed by atoms with van der Waals surface area (Å²) < 4.78 is 0. The Morgan fingerprint density at radius 3 is 2.72 bits per heavy atom. The molecule has 0 saturated carbocycles. The molecule has 152 valence electrons. The van der Waals surface area contributed by atoms with Gasteiger partial charge in [-0.25, -0.2) is 9.69 Å². The van der Waals surface area contributed by atoms with E-state index >= 15 is 0 Å². The molecule has 0 aliphatic carbocycles. The van der Waals surface area contributed by atoms with Gasteiger partial charge in [0.15, 0.2) is 6.29 Å². The lowest BCUT2D eigenvalue weighted by Gasteiger charge is -2.42. The van der Waals surface area contributed by atoms with Gasteiger partial charge in [0.25, 0.3) is 5.91 Å². The van der Waals surface area contributed by atoms with Crippen LogP contribution in [0.3, 0.4) is 0 Å². The Morgan fingerprint density at radius 1 is 1.24 bits per heavy atom. The Labute approximate surface area is 170 Å². The maximum absolute atomic E-state index is 13.3. The fraction of sp³-hybridized carbons (Fsp3) is 0.381. The maximum Gasteiger partial charge on any atom is 0.328 e. The van der Waals surface area contributed by atoms with Gasteiger partial charge < -0.3 is 4.90 Å². The van der Waals surface area contributed by atoms with Gasteiger partial charge in [0, 0.05) is 25.8 Å². The van der Waals surface area contributed by atoms with Crippen molar-refractivity contribution >= 4 is 23.7 Å². The van der Waals surface area contributed by atoms with E-state index in [1.807, 2.05) is 54.4 Å². The summed E-state index contributed by atoms with van der Waals surface area (Å²) >= 11 is 0. The SMILES string of the molecule is C=CCN1N=C(C)CN2C3C(=O)N(C/C=C/c4ccccc4)C(=O)N(C)C3NC12. The largest absolute Gasteiger partial charge is 0.328 e. The van der Waals surface area contributed by atoms with Gasteiger partial charge in [-0.2, -0.15) is 5.10 Å². The van der Waals surface area contributed by atoms with Crippen LogP contribution in [0.5, 0.6) is 0 Å². The Bertz CT molecular complexity index is 867. The third-order valence-electron chi connectivity index (χ3n) is 5.47. The molecule has 3 atom stereocenters. The van der Waals surface area contributed by atoms with Crippen LogP contribution in [0.15, 0.2) is 54.2 Å². The lowest BCUT2D eigenvalue weighted by atomic mass is 10.1. The zero-order chi connectivity index (χ0) is 20.5. The number of hydrazone groups is 1. The number of nitrogens with one attached hydrogen (secondary N) is 1. The number of hydrogen-bond donors (Lipinski definition) is 1. The molecule has 1 N–H and O–H groups in total. The lowest BCUT2D eigenvalue weighted by Crippen LogP contribution is -2.66. The molecule has 8 nitrogen and oxygen atoms in total. The fourth-order valence-corrected chi connectivity index (χ4v) is 4.15. The highest BCUT2D eigenvalue weighted by Gasteiger charge is 2.55. The number of nitrogens with zero attached hydrogens (tertiary/aromatic N) is 5. The zero-order valence-corrected chi connectivity index (χ0v) is 16.7. The standard InChI is InChI=1S/C21H26N6O2/c1-4-12-27-20-22-18-17(26(20)14-15(2)23-27)19(28)25(21(29)24(18)3)13-8-11-16-9-6-5-7-10-16/h4-11,17-18,20,22H,1,12-14H2,2-3H3/b11-8+. The van der Waals surface area contributed by atoms with Crippen molar-refractivity contribution in [3.8, 4) is 0 Å². The predicted octanol–water partition coefficient (Wildman–Crippen LogP) is 1.35. The molecular formula is C21H26N6O2. The highest BCUT2D eigenvalue weighted by molar-refractivity contribution is 6.01. The highest BCUT2D eigenvalue weighted by atomic mass is 16.2. The van der Waals surface area contributed by atoms with Crippen LogP contribution in [0.1, 0.15) is 12.5 Å². The number of benzene rings is 1. The first kappa shape index (κ1) is 19.4. The quantitative estimate of drug-likeness (QED) is 0.764. The molecule has 4 rings (SSSR count). The van der Waals surface area contributed by atoms with E-state index in [-0.39, 0.29) is 30.9 Å². The number of rotatable bonds is 5. The predicted molar refractivity (Wildman–Crippen MR) is 112 cm³/mol. The van der Waals surface area contributed by atoms with E-state index in [2.05, 4.69) is 21.9 Å². The van der Waals surface area contributed by atoms with Gasteiger partial charge in [-0.1, -0.05) is 48.6 Å². The Balaban J connectivity index is 1.55. The summed E-state index contributed by atoms with van der Waals surface area (Å²) in [6.07, 6.45) is 4.92. The number of urea groups is 1. The summed E-state index contributed by atoms with van der Waals surface area (Å²) in [5.41, 5.74) is 1.95. The average Bonchev–Trinajstić information content (AvgIpc) is 3.10. The van der Waals surface area contributed by atoms with Gasteiger partial charge >= 0.3 is 6.03 Å². The molecule has 2 saturated heterocycles. The van der Waals surface area contributed by atoms with Crippen molar-refractivity contribution in [1.82, 2.24) is 25.0 Å². The Morgan fingerprint density at radius 2 is 2.00 bits per heavy atom. The molecule has 0 radical (unpaired) electrons. The topological polar surface area (TPSA) is 71.5 Å². The van der Waals surface area contributed by atoms with Crippen molar-refractivity contribution < 1.29 is 9.59 Å². The summed E-state index contributed by atoms with van der Waals surface area (Å²) in [6, 6.07) is 9.07. The van der Waals surface area contributed by atoms with Gasteiger partial charge in [0.2, 0.25) is 0 Å². The minimum atomic E-state index is -0.453. The van der Waals surface area contributed by atoms with Gasteiger partial charge in [-0.3, -0.25) is 20.0 Å². The number of hydrogen-bond acceptors (Lipinski definition) is 6. The second kappa shape index (κ2) is 7.81. The Hall–Kier alpha value is -2.97. The molecule has 3 amide bonds. The van der Waals surface area contributed by atoms with E-state index in [9.17, 15) is 9.59 Å². The van der Waals surface area contributed by atoms with Crippen LogP contribution in [0.4, 0.5) is 4.79 Å². The van der Waals surface area contributed by atoms with Crippen LogP contribution in [0.2, 0.25) is 0 Å². The van der Waals surface area contributed by atoms with Gasteiger partial charge in [0.05, 0.1) is 6.54 Å². The third-order valence-corrected chi connectivity index (χ3v) is 5.47. The number of carbonyl (C=O) groups excluding carboxylic acids is 2. The number of amides is 3. The van der Waals surface area contributed by atoms with Crippen molar-refractivity contribution in [2.75, 3.05) is 26.7 Å². The summed E-state index contributed by atoms with van der Waals surface area (Å²) in [4.78, 5) is 31.2. The van der Waals surface area contributed by atoms with Crippen molar-refractivity contribution in [2.45, 2.75) is 25.4 Å². The molecule has 0 aromatic heterocycles. The summed E-state index contributed by atoms with van der Waals surface area (Å²) in [5.74, 6) is -0.181. The van der Waals surface area contributed by atoms with Crippen molar-refractivity contribution in [3.05, 3.63) is 54.6 Å². The molecule has 8 heteroatoms. The number of likely N-dealkylation sites (N-methyl/N-ethyl adjacent to an activating group) is 1. The second-order valence-electron chi connectivity index (χ2n) is 7.50. The molecule has 29 heavy (non-hydrogen) atoms. The molecule has 1 aromatic rings. The normalized spacial score (nSPS) is 27.3. The monoisotopic (exact) mass is 394 g/mol. The van der Waals surface area contributed by atoms with E-state index in [1.54, 1.807) is 18.0 Å². The van der Waals surface area contributed by atoms with Crippen LogP contribution >= 0.6 is 0 Å². The molecule has 3 unspecified atom stereocenters. The molecule has 0 bridgehead atoms. The van der Waals surface area contributed by atoms with E-state index in [0.29, 0.717) is 13.1 Å². The molecule has 3 aliphatic heterocycles. The van der Waals surface area contributed by atoms with Crippen molar-refractivity contribution in [2.24, 2.45) is 5.10 Å². The number of imide groups is 1. The van der Waals surface area contributed by atoms with E-state index in [4.69, 9.17) is 0 Å². The molecule has 1 aromatic carbocycles. The van der Waals surface area contributed by atoms with Crippen LogP contribution in [-0.2, 0) is 4.79 Å². The van der Waals surface area contributed by atoms with Crippen LogP contribution in [0, 0.1) is 0 Å². The maximum atomic E-state index is 13.3. The molecule has 3 heterocycles. The first-order chi connectivity index (χ1) is 14.0. The average molecular weight is 394 g/mol. The molecule has 2 fully saturated rings. The van der Waals surface area contributed by atoms with Crippen LogP contribution in [0.25, 0.3) is 6.08 Å². The first-order valence-corrected chi connectivity index (χ1v) is 9.74. The lowest BCUT2D eigenvalue weighted by molar-refractivity contribution is -0.138. The summed E-state index contributed by atoms with van der Waals surface area (Å²) in [7, 11) is 1.73. The van der Waals surface area contributed by atoms with Gasteiger partial charge in [0.1, 0.15) is 12.2 Å². The van der Waals surface area contributed by atoms with Gasteiger partial charge in [-0.05, 0) is 12.5 Å². The highest BCUT2D eigenvalue weighted by Crippen LogP contribution is 2.30. The summed E-state index contributed by atoms with van der Waals surface area (Å²) in [5, 5.41) is 9.85. The molecular weight excluding hydrogens is 368 g/mol. The van der Waals surface area contributed by atoms with Gasteiger partial charge in [-0.15, -0.1) is 6.58 Å². The fourth-order valence-electron chi connectivity index (χ4n) is 4.15. The van der Waals surface area contributed by atoms with Crippen molar-refractivity contribution in [3.63, 3.8) is 0 Å². The smallest absolute Gasteiger partial charge is 0.310 e. The van der Waals surface area contributed by atoms with Crippen molar-refractivity contribution in [1.29, 1.82) is 0 Å². The summed E-state index contributed by atoms with van der Waals surface area (Å²) in [6.45, 7) is 7.11. The van der Waals surface area contributed by atoms with E-state index in [1.165, 1.54) is 4.90 Å². The van der Waals surface area contributed by atoms with E-state index < -0.39 is 6.04 Å². The minimum Gasteiger partial charge on any atom is -0.310 e. The zero-order valence-electron chi connectivity index (χ0n) is 16.7. The van der Waals surface area contributed by atoms with Crippen LogP contribution < -0.4 is 5.32 Å². The minimum absolute atomic E-state index is 0.181. The number of carbonyl (C=O) groups is 2.